The van der Waals surface area contributed by atoms with E-state index in [-0.39, 0.29) is 36.1 Å². The first-order valence-electron chi connectivity index (χ1n) is 10.5. The lowest BCUT2D eigenvalue weighted by Gasteiger charge is -2.29. The Kier molecular flexibility index (Phi) is 5.16. The Morgan fingerprint density at radius 3 is 2.90 bits per heavy atom. The summed E-state index contributed by atoms with van der Waals surface area (Å²) in [6.45, 7) is 2.08. The number of carbonyl (C=O) groups excluding carboxylic acids is 2. The van der Waals surface area contributed by atoms with Crippen LogP contribution in [-0.4, -0.2) is 57.4 Å². The monoisotopic (exact) mass is 428 g/mol. The molecule has 9 heteroatoms. The lowest BCUT2D eigenvalue weighted by molar-refractivity contribution is -0.142. The van der Waals surface area contributed by atoms with Crippen LogP contribution in [0.15, 0.2) is 22.3 Å². The summed E-state index contributed by atoms with van der Waals surface area (Å²) in [4.78, 5) is 50.2. The Morgan fingerprint density at radius 1 is 1.23 bits per heavy atom. The van der Waals surface area contributed by atoms with Crippen LogP contribution in [0.4, 0.5) is 0 Å². The molecular weight excluding hydrogens is 404 g/mol. The van der Waals surface area contributed by atoms with Gasteiger partial charge in [0, 0.05) is 26.1 Å². The minimum Gasteiger partial charge on any atom is -0.368 e. The topological polar surface area (TPSA) is 95.6 Å². The number of carbonyl (C=O) groups is 2. The molecule has 0 aromatic carbocycles. The van der Waals surface area contributed by atoms with Crippen molar-refractivity contribution in [3.05, 3.63) is 49.8 Å². The van der Waals surface area contributed by atoms with Gasteiger partial charge in [-0.3, -0.25) is 14.4 Å². The Morgan fingerprint density at radius 2 is 2.13 bits per heavy atom. The van der Waals surface area contributed by atoms with Crippen molar-refractivity contribution < 1.29 is 14.3 Å². The number of likely N-dealkylation sites (tertiary alicyclic amines) is 1. The number of aromatic amines is 1. The minimum absolute atomic E-state index is 0.00286. The van der Waals surface area contributed by atoms with Crippen LogP contribution in [0.25, 0.3) is 0 Å². The molecule has 2 aromatic rings. The lowest BCUT2D eigenvalue weighted by Crippen LogP contribution is -2.41. The van der Waals surface area contributed by atoms with Crippen molar-refractivity contribution in [3.8, 4) is 0 Å². The van der Waals surface area contributed by atoms with Gasteiger partial charge < -0.3 is 19.5 Å². The van der Waals surface area contributed by atoms with Gasteiger partial charge in [0.1, 0.15) is 11.9 Å². The summed E-state index contributed by atoms with van der Waals surface area (Å²) in [7, 11) is 0. The van der Waals surface area contributed by atoms with Gasteiger partial charge in [0.25, 0.3) is 17.4 Å². The number of ether oxygens (including phenoxy) is 1. The van der Waals surface area contributed by atoms with E-state index in [0.717, 1.165) is 31.4 Å². The fraction of sp³-hybridized carbons (Fsp3) is 0.524. The zero-order valence-electron chi connectivity index (χ0n) is 16.6. The van der Waals surface area contributed by atoms with Crippen molar-refractivity contribution in [3.63, 3.8) is 0 Å². The number of fused-ring (bicyclic) bond motifs is 1. The standard InChI is InChI=1S/C21H24N4O4S/c26-19-13-12-24(21(28)17-6-3-11-30-17)9-7-14(13)22-18(23-19)15-4-1-8-25(15)20(27)16-5-2-10-29-16/h3,6,11,15-16H,1-2,4-5,7-10,12H2,(H,22,23,26)/t15-,16+/m1/s1. The van der Waals surface area contributed by atoms with Crippen molar-refractivity contribution in [1.29, 1.82) is 0 Å². The van der Waals surface area contributed by atoms with Gasteiger partial charge in [-0.2, -0.15) is 0 Å². The summed E-state index contributed by atoms with van der Waals surface area (Å²) in [5, 5.41) is 1.87. The van der Waals surface area contributed by atoms with Crippen molar-refractivity contribution in [2.75, 3.05) is 19.7 Å². The van der Waals surface area contributed by atoms with Crippen LogP contribution in [0, 0.1) is 0 Å². The number of thiophene rings is 1. The van der Waals surface area contributed by atoms with Crippen molar-refractivity contribution in [2.24, 2.45) is 0 Å². The summed E-state index contributed by atoms with van der Waals surface area (Å²) in [5.74, 6) is 0.506. The highest BCUT2D eigenvalue weighted by molar-refractivity contribution is 7.12. The molecule has 2 fully saturated rings. The number of rotatable bonds is 3. The van der Waals surface area contributed by atoms with Gasteiger partial charge in [-0.25, -0.2) is 4.98 Å². The summed E-state index contributed by atoms with van der Waals surface area (Å²) in [5.41, 5.74) is 1.07. The van der Waals surface area contributed by atoms with E-state index in [0.29, 0.717) is 42.4 Å². The third kappa shape index (κ3) is 3.45. The maximum absolute atomic E-state index is 12.9. The van der Waals surface area contributed by atoms with Crippen LogP contribution < -0.4 is 5.56 Å². The molecule has 0 spiro atoms. The normalized spacial score (nSPS) is 23.6. The number of hydrogen-bond donors (Lipinski definition) is 1. The quantitative estimate of drug-likeness (QED) is 0.805. The maximum atomic E-state index is 12.9. The molecule has 0 unspecified atom stereocenters. The third-order valence-electron chi connectivity index (χ3n) is 6.16. The average Bonchev–Trinajstić information content (AvgIpc) is 3.54. The molecule has 5 rings (SSSR count). The zero-order chi connectivity index (χ0) is 20.7. The minimum atomic E-state index is -0.369. The van der Waals surface area contributed by atoms with Gasteiger partial charge in [0.15, 0.2) is 0 Å². The summed E-state index contributed by atoms with van der Waals surface area (Å²) in [6, 6.07) is 3.43. The Hall–Kier alpha value is -2.52. The highest BCUT2D eigenvalue weighted by Gasteiger charge is 2.37. The number of amides is 2. The van der Waals surface area contributed by atoms with E-state index in [2.05, 4.69) is 4.98 Å². The number of H-pyrrole nitrogens is 1. The van der Waals surface area contributed by atoms with Crippen LogP contribution in [0.3, 0.4) is 0 Å². The van der Waals surface area contributed by atoms with Gasteiger partial charge in [0.05, 0.1) is 28.7 Å². The second-order valence-corrected chi connectivity index (χ2v) is 8.97. The van der Waals surface area contributed by atoms with E-state index in [1.165, 1.54) is 11.3 Å². The number of nitrogens with one attached hydrogen (secondary N) is 1. The molecule has 0 saturated carbocycles. The lowest BCUT2D eigenvalue weighted by atomic mass is 10.1. The SMILES string of the molecule is O=C(c1cccs1)N1CCc2nc([C@H]3CCCN3C(=O)[C@@H]3CCCO3)[nH]c(=O)c2C1. The van der Waals surface area contributed by atoms with Gasteiger partial charge in [0.2, 0.25) is 0 Å². The second kappa shape index (κ2) is 7.96. The molecule has 0 bridgehead atoms. The fourth-order valence-corrected chi connectivity index (χ4v) is 5.29. The van der Waals surface area contributed by atoms with E-state index in [9.17, 15) is 14.4 Å². The van der Waals surface area contributed by atoms with Crippen molar-refractivity contribution in [1.82, 2.24) is 19.8 Å². The Bertz CT molecular complexity index is 1010. The molecule has 8 nitrogen and oxygen atoms in total. The first-order valence-corrected chi connectivity index (χ1v) is 11.4. The maximum Gasteiger partial charge on any atom is 0.264 e. The molecule has 1 N–H and O–H groups in total. The zero-order valence-corrected chi connectivity index (χ0v) is 17.5. The molecule has 2 atom stereocenters. The van der Waals surface area contributed by atoms with Gasteiger partial charge >= 0.3 is 0 Å². The smallest absolute Gasteiger partial charge is 0.264 e. The molecular formula is C21H24N4O4S. The number of hydrogen-bond acceptors (Lipinski definition) is 6. The first kappa shape index (κ1) is 19.4. The summed E-state index contributed by atoms with van der Waals surface area (Å²) >= 11 is 1.40. The average molecular weight is 429 g/mol. The molecule has 3 aliphatic heterocycles. The van der Waals surface area contributed by atoms with Crippen LogP contribution >= 0.6 is 11.3 Å². The van der Waals surface area contributed by atoms with E-state index in [4.69, 9.17) is 9.72 Å². The Labute approximate surface area is 177 Å². The highest BCUT2D eigenvalue weighted by atomic mass is 32.1. The van der Waals surface area contributed by atoms with Crippen LogP contribution in [0.2, 0.25) is 0 Å². The predicted molar refractivity (Wildman–Crippen MR) is 110 cm³/mol. The fourth-order valence-electron chi connectivity index (χ4n) is 4.60. The molecule has 5 heterocycles. The predicted octanol–water partition coefficient (Wildman–Crippen LogP) is 1.87. The van der Waals surface area contributed by atoms with E-state index in [1.807, 2.05) is 16.3 Å². The van der Waals surface area contributed by atoms with Crippen LogP contribution in [-0.2, 0) is 22.5 Å². The van der Waals surface area contributed by atoms with E-state index >= 15 is 0 Å². The second-order valence-electron chi connectivity index (χ2n) is 8.02. The molecule has 158 valence electrons. The van der Waals surface area contributed by atoms with Gasteiger partial charge in [-0.05, 0) is 37.1 Å². The van der Waals surface area contributed by atoms with Crippen molar-refractivity contribution in [2.45, 2.75) is 50.8 Å². The largest absolute Gasteiger partial charge is 0.368 e. The molecule has 2 aromatic heterocycles. The molecule has 30 heavy (non-hydrogen) atoms. The van der Waals surface area contributed by atoms with Crippen LogP contribution in [0.5, 0.6) is 0 Å². The van der Waals surface area contributed by atoms with E-state index < -0.39 is 0 Å². The summed E-state index contributed by atoms with van der Waals surface area (Å²) < 4.78 is 5.57. The van der Waals surface area contributed by atoms with Crippen LogP contribution in [0.1, 0.15) is 58.5 Å². The van der Waals surface area contributed by atoms with Gasteiger partial charge in [-0.1, -0.05) is 6.07 Å². The number of nitrogens with zero attached hydrogens (tertiary/aromatic N) is 3. The summed E-state index contributed by atoms with van der Waals surface area (Å²) in [6.07, 6.45) is 3.49. The van der Waals surface area contributed by atoms with E-state index in [1.54, 1.807) is 11.0 Å². The van der Waals surface area contributed by atoms with Crippen molar-refractivity contribution >= 4 is 23.2 Å². The molecule has 0 radical (unpaired) electrons. The first-order chi connectivity index (χ1) is 14.6. The van der Waals surface area contributed by atoms with Gasteiger partial charge in [-0.15, -0.1) is 11.3 Å². The Balaban J connectivity index is 1.37. The molecule has 3 aliphatic rings. The molecule has 2 amide bonds. The molecule has 0 aliphatic carbocycles. The molecule has 2 saturated heterocycles. The third-order valence-corrected chi connectivity index (χ3v) is 7.02. The highest BCUT2D eigenvalue weighted by Crippen LogP contribution is 2.32. The number of aromatic nitrogens is 2.